The lowest BCUT2D eigenvalue weighted by atomic mass is 10.0. The highest BCUT2D eigenvalue weighted by molar-refractivity contribution is 5.89. The van der Waals surface area contributed by atoms with E-state index in [0.29, 0.717) is 5.92 Å². The van der Waals surface area contributed by atoms with E-state index >= 15 is 0 Å². The minimum Gasteiger partial charge on any atom is -0.324 e. The Morgan fingerprint density at radius 2 is 2.28 bits per heavy atom. The van der Waals surface area contributed by atoms with E-state index in [0.717, 1.165) is 31.5 Å². The van der Waals surface area contributed by atoms with Crippen LogP contribution in [0.25, 0.3) is 0 Å². The minimum absolute atomic E-state index is 0.204. The van der Waals surface area contributed by atoms with Gasteiger partial charge in [0.15, 0.2) is 0 Å². The van der Waals surface area contributed by atoms with Gasteiger partial charge in [-0.05, 0) is 43.4 Å². The maximum Gasteiger partial charge on any atom is 0.321 e. The summed E-state index contributed by atoms with van der Waals surface area (Å²) in [5.74, 6) is 0.140. The van der Waals surface area contributed by atoms with Crippen molar-refractivity contribution in [3.05, 3.63) is 29.6 Å². The summed E-state index contributed by atoms with van der Waals surface area (Å²) < 4.78 is 13.6. The van der Waals surface area contributed by atoms with E-state index < -0.39 is 0 Å². The summed E-state index contributed by atoms with van der Waals surface area (Å²) in [4.78, 5) is 13.8. The van der Waals surface area contributed by atoms with Crippen LogP contribution in [0.15, 0.2) is 18.2 Å². The molecular formula is C14H19FN2O. The summed E-state index contributed by atoms with van der Waals surface area (Å²) >= 11 is 0. The number of carbonyl (C=O) groups excluding carboxylic acids is 1. The van der Waals surface area contributed by atoms with Gasteiger partial charge in [-0.2, -0.15) is 0 Å². The van der Waals surface area contributed by atoms with Crippen molar-refractivity contribution >= 4 is 11.7 Å². The zero-order chi connectivity index (χ0) is 13.1. The van der Waals surface area contributed by atoms with Crippen LogP contribution in [0.5, 0.6) is 0 Å². The summed E-state index contributed by atoms with van der Waals surface area (Å²) in [6, 6.07) is 4.62. The Morgan fingerprint density at radius 3 is 2.94 bits per heavy atom. The highest BCUT2D eigenvalue weighted by Crippen LogP contribution is 2.19. The lowest BCUT2D eigenvalue weighted by Gasteiger charge is -2.30. The number of amides is 2. The number of carbonyl (C=O) groups is 1. The SMILES string of the molecule is Cc1ccc(NC(=O)N2CCCC(C)C2)c(F)c1. The number of piperidine rings is 1. The Hall–Kier alpha value is -1.58. The molecule has 3 nitrogen and oxygen atoms in total. The van der Waals surface area contributed by atoms with Crippen LogP contribution < -0.4 is 5.32 Å². The van der Waals surface area contributed by atoms with Crippen molar-refractivity contribution in [2.75, 3.05) is 18.4 Å². The molecule has 0 saturated carbocycles. The Labute approximate surface area is 107 Å². The van der Waals surface area contributed by atoms with Crippen LogP contribution >= 0.6 is 0 Å². The Morgan fingerprint density at radius 1 is 1.50 bits per heavy atom. The van der Waals surface area contributed by atoms with Crippen LogP contribution in [0.1, 0.15) is 25.3 Å². The van der Waals surface area contributed by atoms with Crippen LogP contribution in [0.2, 0.25) is 0 Å². The smallest absolute Gasteiger partial charge is 0.321 e. The second-order valence-corrected chi connectivity index (χ2v) is 5.11. The van der Waals surface area contributed by atoms with E-state index in [-0.39, 0.29) is 17.5 Å². The fourth-order valence-corrected chi connectivity index (χ4v) is 2.29. The summed E-state index contributed by atoms with van der Waals surface area (Å²) in [5, 5.41) is 2.64. The van der Waals surface area contributed by atoms with E-state index in [2.05, 4.69) is 12.2 Å². The van der Waals surface area contributed by atoms with Crippen molar-refractivity contribution in [1.29, 1.82) is 0 Å². The molecule has 1 heterocycles. The number of aryl methyl sites for hydroxylation is 1. The number of urea groups is 1. The molecule has 1 aliphatic rings. The predicted molar refractivity (Wildman–Crippen MR) is 70.1 cm³/mol. The zero-order valence-corrected chi connectivity index (χ0v) is 10.9. The molecule has 1 N–H and O–H groups in total. The molecule has 0 aromatic heterocycles. The average molecular weight is 250 g/mol. The zero-order valence-electron chi connectivity index (χ0n) is 10.9. The van der Waals surface area contributed by atoms with Crippen molar-refractivity contribution < 1.29 is 9.18 Å². The lowest BCUT2D eigenvalue weighted by Crippen LogP contribution is -2.41. The van der Waals surface area contributed by atoms with Gasteiger partial charge in [-0.3, -0.25) is 0 Å². The monoisotopic (exact) mass is 250 g/mol. The maximum absolute atomic E-state index is 13.6. The number of rotatable bonds is 1. The Balaban J connectivity index is 2.02. The molecule has 1 unspecified atom stereocenters. The third kappa shape index (κ3) is 3.00. The van der Waals surface area contributed by atoms with Crippen LogP contribution in [-0.2, 0) is 0 Å². The van der Waals surface area contributed by atoms with Crippen LogP contribution in [-0.4, -0.2) is 24.0 Å². The third-order valence-electron chi connectivity index (χ3n) is 3.31. The van der Waals surface area contributed by atoms with Crippen molar-refractivity contribution in [1.82, 2.24) is 4.90 Å². The summed E-state index contributed by atoms with van der Waals surface area (Å²) in [5.41, 5.74) is 1.10. The molecule has 0 spiro atoms. The number of benzene rings is 1. The van der Waals surface area contributed by atoms with Gasteiger partial charge in [0.1, 0.15) is 5.82 Å². The molecule has 1 saturated heterocycles. The van der Waals surface area contributed by atoms with Crippen molar-refractivity contribution in [3.63, 3.8) is 0 Å². The number of likely N-dealkylation sites (tertiary alicyclic amines) is 1. The van der Waals surface area contributed by atoms with Crippen molar-refractivity contribution in [3.8, 4) is 0 Å². The molecule has 1 aromatic carbocycles. The van der Waals surface area contributed by atoms with Crippen LogP contribution in [0.4, 0.5) is 14.9 Å². The number of hydrogen-bond donors (Lipinski definition) is 1. The molecule has 1 aromatic rings. The fraction of sp³-hybridized carbons (Fsp3) is 0.500. The van der Waals surface area contributed by atoms with E-state index in [1.807, 2.05) is 6.92 Å². The number of nitrogens with one attached hydrogen (secondary N) is 1. The second-order valence-electron chi connectivity index (χ2n) is 5.11. The van der Waals surface area contributed by atoms with Crippen molar-refractivity contribution in [2.24, 2.45) is 5.92 Å². The Bertz CT molecular complexity index is 447. The quantitative estimate of drug-likeness (QED) is 0.814. The molecule has 18 heavy (non-hydrogen) atoms. The molecule has 1 atom stereocenters. The number of nitrogens with zero attached hydrogens (tertiary/aromatic N) is 1. The second kappa shape index (κ2) is 5.38. The fourth-order valence-electron chi connectivity index (χ4n) is 2.29. The first-order chi connectivity index (χ1) is 8.56. The molecule has 4 heteroatoms. The molecule has 2 amide bonds. The molecule has 98 valence electrons. The third-order valence-corrected chi connectivity index (χ3v) is 3.31. The van der Waals surface area contributed by atoms with Gasteiger partial charge in [-0.1, -0.05) is 13.0 Å². The highest BCUT2D eigenvalue weighted by atomic mass is 19.1. The lowest BCUT2D eigenvalue weighted by molar-refractivity contribution is 0.182. The van der Waals surface area contributed by atoms with E-state index in [1.54, 1.807) is 17.0 Å². The summed E-state index contributed by atoms with van der Waals surface area (Å²) in [6.07, 6.45) is 2.17. The van der Waals surface area contributed by atoms with Crippen LogP contribution in [0.3, 0.4) is 0 Å². The molecular weight excluding hydrogens is 231 g/mol. The largest absolute Gasteiger partial charge is 0.324 e. The molecule has 0 aliphatic carbocycles. The van der Waals surface area contributed by atoms with E-state index in [9.17, 15) is 9.18 Å². The first-order valence-corrected chi connectivity index (χ1v) is 6.38. The molecule has 1 aliphatic heterocycles. The topological polar surface area (TPSA) is 32.3 Å². The van der Waals surface area contributed by atoms with E-state index in [4.69, 9.17) is 0 Å². The van der Waals surface area contributed by atoms with Gasteiger partial charge in [-0.15, -0.1) is 0 Å². The van der Waals surface area contributed by atoms with Gasteiger partial charge in [0.05, 0.1) is 5.69 Å². The molecule has 0 bridgehead atoms. The average Bonchev–Trinajstić information content (AvgIpc) is 2.32. The minimum atomic E-state index is -0.381. The summed E-state index contributed by atoms with van der Waals surface area (Å²) in [6.45, 7) is 5.45. The van der Waals surface area contributed by atoms with Crippen LogP contribution in [0, 0.1) is 18.7 Å². The predicted octanol–water partition coefficient (Wildman–Crippen LogP) is 3.40. The Kier molecular flexibility index (Phi) is 3.84. The first kappa shape index (κ1) is 12.9. The normalized spacial score (nSPS) is 19.7. The molecule has 2 rings (SSSR count). The van der Waals surface area contributed by atoms with Gasteiger partial charge >= 0.3 is 6.03 Å². The highest BCUT2D eigenvalue weighted by Gasteiger charge is 2.21. The van der Waals surface area contributed by atoms with E-state index in [1.165, 1.54) is 6.07 Å². The van der Waals surface area contributed by atoms with Gasteiger partial charge < -0.3 is 10.2 Å². The van der Waals surface area contributed by atoms with Gasteiger partial charge in [-0.25, -0.2) is 9.18 Å². The van der Waals surface area contributed by atoms with Crippen molar-refractivity contribution in [2.45, 2.75) is 26.7 Å². The molecule has 0 radical (unpaired) electrons. The molecule has 1 fully saturated rings. The van der Waals surface area contributed by atoms with Gasteiger partial charge in [0, 0.05) is 13.1 Å². The van der Waals surface area contributed by atoms with Gasteiger partial charge in [0.2, 0.25) is 0 Å². The standard InChI is InChI=1S/C14H19FN2O/c1-10-5-6-13(12(15)8-10)16-14(18)17-7-3-4-11(2)9-17/h5-6,8,11H,3-4,7,9H2,1-2H3,(H,16,18). The number of halogens is 1. The number of anilines is 1. The summed E-state index contributed by atoms with van der Waals surface area (Å²) in [7, 11) is 0. The van der Waals surface area contributed by atoms with Gasteiger partial charge in [0.25, 0.3) is 0 Å². The first-order valence-electron chi connectivity index (χ1n) is 6.38. The maximum atomic E-state index is 13.6. The number of hydrogen-bond acceptors (Lipinski definition) is 1.